The van der Waals surface area contributed by atoms with E-state index in [9.17, 15) is 4.79 Å². The molecule has 0 radical (unpaired) electrons. The van der Waals surface area contributed by atoms with Crippen molar-refractivity contribution in [3.63, 3.8) is 0 Å². The number of halogens is 1. The molecule has 18 heavy (non-hydrogen) atoms. The minimum atomic E-state index is 0.0672. The zero-order valence-electron chi connectivity index (χ0n) is 11.0. The molecule has 4 heteroatoms. The first-order chi connectivity index (χ1) is 8.49. The van der Waals surface area contributed by atoms with E-state index in [1.54, 1.807) is 0 Å². The van der Waals surface area contributed by atoms with Crippen LogP contribution in [0.25, 0.3) is 0 Å². The van der Waals surface area contributed by atoms with Crippen molar-refractivity contribution in [2.75, 3.05) is 18.4 Å². The van der Waals surface area contributed by atoms with Crippen LogP contribution in [0.1, 0.15) is 18.1 Å². The van der Waals surface area contributed by atoms with Crippen LogP contribution in [0.2, 0.25) is 0 Å². The Hall–Kier alpha value is -0.870. The minimum absolute atomic E-state index is 0.0672. The van der Waals surface area contributed by atoms with E-state index in [4.69, 9.17) is 0 Å². The van der Waals surface area contributed by atoms with Gasteiger partial charge in [0, 0.05) is 11.0 Å². The Bertz CT molecular complexity index is 450. The van der Waals surface area contributed by atoms with Crippen LogP contribution in [-0.2, 0) is 4.79 Å². The molecule has 2 N–H and O–H groups in total. The molecular formula is C14H19BrN2O. The SMILES string of the molecule is Cc1cc(C)c(NC(=O)C2CNCC2C)c(Br)c1. The third kappa shape index (κ3) is 2.75. The van der Waals surface area contributed by atoms with Gasteiger partial charge in [0.15, 0.2) is 0 Å². The van der Waals surface area contributed by atoms with E-state index in [0.29, 0.717) is 5.92 Å². The van der Waals surface area contributed by atoms with E-state index < -0.39 is 0 Å². The third-order valence-electron chi connectivity index (χ3n) is 3.53. The predicted molar refractivity (Wildman–Crippen MR) is 77.8 cm³/mol. The fourth-order valence-electron chi connectivity index (χ4n) is 2.45. The van der Waals surface area contributed by atoms with Gasteiger partial charge in [-0.05, 0) is 59.4 Å². The smallest absolute Gasteiger partial charge is 0.229 e. The van der Waals surface area contributed by atoms with E-state index in [1.807, 2.05) is 19.9 Å². The van der Waals surface area contributed by atoms with E-state index in [1.165, 1.54) is 5.56 Å². The molecule has 0 aliphatic carbocycles. The molecule has 98 valence electrons. The first kappa shape index (κ1) is 13.6. The first-order valence-electron chi connectivity index (χ1n) is 6.27. The van der Waals surface area contributed by atoms with Crippen molar-refractivity contribution in [1.29, 1.82) is 0 Å². The molecule has 1 aliphatic rings. The molecule has 0 aromatic heterocycles. The number of carbonyl (C=O) groups is 1. The highest BCUT2D eigenvalue weighted by molar-refractivity contribution is 9.10. The predicted octanol–water partition coefficient (Wildman–Crippen LogP) is 2.86. The summed E-state index contributed by atoms with van der Waals surface area (Å²) in [4.78, 5) is 12.2. The van der Waals surface area contributed by atoms with E-state index in [-0.39, 0.29) is 11.8 Å². The average molecular weight is 311 g/mol. The summed E-state index contributed by atoms with van der Waals surface area (Å²) in [5.74, 6) is 0.576. The van der Waals surface area contributed by atoms with Crippen molar-refractivity contribution in [1.82, 2.24) is 5.32 Å². The van der Waals surface area contributed by atoms with Gasteiger partial charge in [-0.1, -0.05) is 13.0 Å². The second-order valence-corrected chi connectivity index (χ2v) is 6.02. The van der Waals surface area contributed by atoms with Crippen LogP contribution in [0, 0.1) is 25.7 Å². The Labute approximate surface area is 116 Å². The third-order valence-corrected chi connectivity index (χ3v) is 4.16. The van der Waals surface area contributed by atoms with Gasteiger partial charge in [-0.2, -0.15) is 0 Å². The lowest BCUT2D eigenvalue weighted by Crippen LogP contribution is -2.28. The van der Waals surface area contributed by atoms with Crippen LogP contribution >= 0.6 is 15.9 Å². The van der Waals surface area contributed by atoms with Crippen LogP contribution in [-0.4, -0.2) is 19.0 Å². The lowest BCUT2D eigenvalue weighted by molar-refractivity contribution is -0.120. The Morgan fingerprint density at radius 2 is 2.11 bits per heavy atom. The maximum absolute atomic E-state index is 12.2. The topological polar surface area (TPSA) is 41.1 Å². The molecule has 2 rings (SSSR count). The van der Waals surface area contributed by atoms with Crippen LogP contribution in [0.4, 0.5) is 5.69 Å². The molecule has 1 aromatic rings. The number of nitrogens with one attached hydrogen (secondary N) is 2. The summed E-state index contributed by atoms with van der Waals surface area (Å²) in [7, 11) is 0. The number of aryl methyl sites for hydroxylation is 2. The van der Waals surface area contributed by atoms with Gasteiger partial charge in [-0.3, -0.25) is 4.79 Å². The maximum Gasteiger partial charge on any atom is 0.229 e. The van der Waals surface area contributed by atoms with Crippen molar-refractivity contribution >= 4 is 27.5 Å². The summed E-state index contributed by atoms with van der Waals surface area (Å²) in [5, 5.41) is 6.31. The number of hydrogen-bond donors (Lipinski definition) is 2. The number of amides is 1. The summed E-state index contributed by atoms with van der Waals surface area (Å²) < 4.78 is 0.951. The van der Waals surface area contributed by atoms with Crippen LogP contribution in [0.3, 0.4) is 0 Å². The van der Waals surface area contributed by atoms with Crippen LogP contribution in [0.5, 0.6) is 0 Å². The fraction of sp³-hybridized carbons (Fsp3) is 0.500. The molecule has 2 unspecified atom stereocenters. The van der Waals surface area contributed by atoms with Gasteiger partial charge in [0.2, 0.25) is 5.91 Å². The molecule has 1 saturated heterocycles. The average Bonchev–Trinajstić information content (AvgIpc) is 2.69. The van der Waals surface area contributed by atoms with Gasteiger partial charge in [-0.25, -0.2) is 0 Å². The second kappa shape index (κ2) is 5.41. The van der Waals surface area contributed by atoms with E-state index >= 15 is 0 Å². The largest absolute Gasteiger partial charge is 0.325 e. The van der Waals surface area contributed by atoms with Gasteiger partial charge >= 0.3 is 0 Å². The van der Waals surface area contributed by atoms with Gasteiger partial charge in [-0.15, -0.1) is 0 Å². The molecule has 0 saturated carbocycles. The minimum Gasteiger partial charge on any atom is -0.325 e. The first-order valence-corrected chi connectivity index (χ1v) is 7.06. The van der Waals surface area contributed by atoms with Gasteiger partial charge in [0.25, 0.3) is 0 Å². The van der Waals surface area contributed by atoms with E-state index in [2.05, 4.69) is 39.6 Å². The second-order valence-electron chi connectivity index (χ2n) is 5.17. The van der Waals surface area contributed by atoms with Gasteiger partial charge in [0.1, 0.15) is 0 Å². The van der Waals surface area contributed by atoms with Crippen molar-refractivity contribution in [2.24, 2.45) is 11.8 Å². The summed E-state index contributed by atoms with van der Waals surface area (Å²) in [6, 6.07) is 4.11. The molecule has 0 spiro atoms. The highest BCUT2D eigenvalue weighted by Crippen LogP contribution is 2.29. The van der Waals surface area contributed by atoms with Crippen LogP contribution in [0.15, 0.2) is 16.6 Å². The van der Waals surface area contributed by atoms with Gasteiger partial charge < -0.3 is 10.6 Å². The Kier molecular flexibility index (Phi) is 4.07. The monoisotopic (exact) mass is 310 g/mol. The molecular weight excluding hydrogens is 292 g/mol. The van der Waals surface area contributed by atoms with E-state index in [0.717, 1.165) is 28.8 Å². The maximum atomic E-state index is 12.2. The number of carbonyl (C=O) groups excluding carboxylic acids is 1. The Morgan fingerprint density at radius 1 is 1.39 bits per heavy atom. The normalized spacial score (nSPS) is 23.1. The fourth-order valence-corrected chi connectivity index (χ4v) is 3.22. The highest BCUT2D eigenvalue weighted by Gasteiger charge is 2.29. The molecule has 3 nitrogen and oxygen atoms in total. The zero-order valence-corrected chi connectivity index (χ0v) is 12.6. The molecule has 1 aliphatic heterocycles. The number of benzene rings is 1. The summed E-state index contributed by atoms with van der Waals surface area (Å²) in [6.07, 6.45) is 0. The van der Waals surface area contributed by atoms with Gasteiger partial charge in [0.05, 0.1) is 11.6 Å². The molecule has 0 bridgehead atoms. The van der Waals surface area contributed by atoms with Crippen LogP contribution < -0.4 is 10.6 Å². The lowest BCUT2D eigenvalue weighted by atomic mass is 9.97. The summed E-state index contributed by atoms with van der Waals surface area (Å²) in [5.41, 5.74) is 3.17. The Balaban J connectivity index is 2.17. The standard InChI is InChI=1S/C14H19BrN2O/c1-8-4-9(2)13(12(15)5-8)17-14(18)11-7-16-6-10(11)3/h4-5,10-11,16H,6-7H2,1-3H3,(H,17,18). The Morgan fingerprint density at radius 3 is 2.67 bits per heavy atom. The summed E-state index contributed by atoms with van der Waals surface area (Å²) in [6.45, 7) is 7.87. The lowest BCUT2D eigenvalue weighted by Gasteiger charge is -2.17. The van der Waals surface area contributed by atoms with Crippen molar-refractivity contribution in [3.05, 3.63) is 27.7 Å². The molecule has 1 aromatic carbocycles. The summed E-state index contributed by atoms with van der Waals surface area (Å²) >= 11 is 3.52. The molecule has 1 fully saturated rings. The van der Waals surface area contributed by atoms with Crippen molar-refractivity contribution in [2.45, 2.75) is 20.8 Å². The number of rotatable bonds is 2. The zero-order chi connectivity index (χ0) is 13.3. The molecule has 1 heterocycles. The molecule has 1 amide bonds. The number of anilines is 1. The number of hydrogen-bond acceptors (Lipinski definition) is 2. The highest BCUT2D eigenvalue weighted by atomic mass is 79.9. The van der Waals surface area contributed by atoms with Crippen molar-refractivity contribution in [3.8, 4) is 0 Å². The quantitative estimate of drug-likeness (QED) is 0.882. The van der Waals surface area contributed by atoms with Crippen molar-refractivity contribution < 1.29 is 4.79 Å². The molecule has 2 atom stereocenters.